The third-order valence-corrected chi connectivity index (χ3v) is 4.36. The summed E-state index contributed by atoms with van der Waals surface area (Å²) >= 11 is 0. The van der Waals surface area contributed by atoms with E-state index in [2.05, 4.69) is 54.7 Å². The van der Waals surface area contributed by atoms with Gasteiger partial charge in [0.15, 0.2) is 0 Å². The molecule has 1 N–H and O–H groups in total. The molecule has 0 amide bonds. The minimum atomic E-state index is 0.931. The number of hydrogen-bond acceptors (Lipinski definition) is 1. The van der Waals surface area contributed by atoms with Crippen LogP contribution in [0.5, 0.6) is 0 Å². The topological polar surface area (TPSA) is 12.0 Å². The van der Waals surface area contributed by atoms with Gasteiger partial charge in [-0.15, -0.1) is 0 Å². The van der Waals surface area contributed by atoms with Gasteiger partial charge in [0.1, 0.15) is 0 Å². The van der Waals surface area contributed by atoms with E-state index in [9.17, 15) is 0 Å². The van der Waals surface area contributed by atoms with E-state index >= 15 is 0 Å². The molecule has 0 bridgehead atoms. The lowest BCUT2D eigenvalue weighted by molar-refractivity contribution is 0.686. The normalized spacial score (nSPS) is 13.8. The number of anilines is 1. The molecular weight excluding hydrogens is 242 g/mol. The molecule has 0 fully saturated rings. The van der Waals surface area contributed by atoms with Gasteiger partial charge in [-0.3, -0.25) is 0 Å². The Morgan fingerprint density at radius 3 is 2.55 bits per heavy atom. The van der Waals surface area contributed by atoms with Crippen LogP contribution in [0.3, 0.4) is 0 Å². The van der Waals surface area contributed by atoms with E-state index in [1.807, 2.05) is 0 Å². The van der Waals surface area contributed by atoms with Crippen LogP contribution in [0.2, 0.25) is 0 Å². The lowest BCUT2D eigenvalue weighted by Crippen LogP contribution is -2.09. The molecule has 1 heteroatoms. The standard InChI is InChI=1S/C19H23N/c1-2-15-8-3-4-10-17(15)14-20-19-13-7-11-16-9-5-6-12-18(16)19/h3-4,7-8,10-11,13,20H,2,5-6,9,12,14H2,1H3. The first-order valence-corrected chi connectivity index (χ1v) is 7.80. The van der Waals surface area contributed by atoms with E-state index in [0.717, 1.165) is 13.0 Å². The molecule has 2 aromatic rings. The molecule has 0 saturated carbocycles. The molecule has 0 heterocycles. The van der Waals surface area contributed by atoms with E-state index in [4.69, 9.17) is 0 Å². The van der Waals surface area contributed by atoms with E-state index in [-0.39, 0.29) is 0 Å². The fraction of sp³-hybridized carbons (Fsp3) is 0.368. The fourth-order valence-electron chi connectivity index (χ4n) is 3.21. The van der Waals surface area contributed by atoms with Crippen molar-refractivity contribution in [2.75, 3.05) is 5.32 Å². The Bertz CT molecular complexity index is 586. The van der Waals surface area contributed by atoms with Gasteiger partial charge >= 0.3 is 0 Å². The number of benzene rings is 2. The molecule has 1 aliphatic rings. The van der Waals surface area contributed by atoms with Gasteiger partial charge in [-0.25, -0.2) is 0 Å². The molecule has 104 valence electrons. The van der Waals surface area contributed by atoms with Gasteiger partial charge in [-0.05, 0) is 60.4 Å². The Morgan fingerprint density at radius 1 is 0.900 bits per heavy atom. The maximum Gasteiger partial charge on any atom is 0.0403 e. The summed E-state index contributed by atoms with van der Waals surface area (Å²) in [6, 6.07) is 15.5. The van der Waals surface area contributed by atoms with Crippen molar-refractivity contribution in [3.63, 3.8) is 0 Å². The van der Waals surface area contributed by atoms with Gasteiger partial charge in [-0.2, -0.15) is 0 Å². The highest BCUT2D eigenvalue weighted by atomic mass is 14.9. The van der Waals surface area contributed by atoms with E-state index < -0.39 is 0 Å². The van der Waals surface area contributed by atoms with Crippen molar-refractivity contribution in [1.82, 2.24) is 0 Å². The summed E-state index contributed by atoms with van der Waals surface area (Å²) in [5.41, 5.74) is 7.30. The first-order chi connectivity index (χ1) is 9.88. The van der Waals surface area contributed by atoms with Crippen LogP contribution in [0, 0.1) is 0 Å². The minimum Gasteiger partial charge on any atom is -0.381 e. The minimum absolute atomic E-state index is 0.931. The van der Waals surface area contributed by atoms with Gasteiger partial charge < -0.3 is 5.32 Å². The zero-order chi connectivity index (χ0) is 13.8. The summed E-state index contributed by atoms with van der Waals surface area (Å²) in [5, 5.41) is 3.66. The third-order valence-electron chi connectivity index (χ3n) is 4.36. The van der Waals surface area contributed by atoms with Crippen molar-refractivity contribution >= 4 is 5.69 Å². The van der Waals surface area contributed by atoms with Crippen LogP contribution in [0.1, 0.15) is 42.0 Å². The molecule has 20 heavy (non-hydrogen) atoms. The van der Waals surface area contributed by atoms with Crippen LogP contribution >= 0.6 is 0 Å². The molecule has 0 spiro atoms. The van der Waals surface area contributed by atoms with E-state index in [1.165, 1.54) is 42.5 Å². The monoisotopic (exact) mass is 265 g/mol. The van der Waals surface area contributed by atoms with E-state index in [0.29, 0.717) is 0 Å². The summed E-state index contributed by atoms with van der Waals surface area (Å²) in [4.78, 5) is 0. The molecule has 3 rings (SSSR count). The van der Waals surface area contributed by atoms with Crippen LogP contribution in [0.15, 0.2) is 42.5 Å². The molecule has 0 atom stereocenters. The Morgan fingerprint density at radius 2 is 1.70 bits per heavy atom. The molecule has 2 aromatic carbocycles. The number of hydrogen-bond donors (Lipinski definition) is 1. The van der Waals surface area contributed by atoms with Crippen molar-refractivity contribution in [2.24, 2.45) is 0 Å². The molecule has 0 aromatic heterocycles. The van der Waals surface area contributed by atoms with Gasteiger partial charge in [0.05, 0.1) is 0 Å². The number of rotatable bonds is 4. The number of nitrogens with one attached hydrogen (secondary N) is 1. The molecular formula is C19H23N. The number of fused-ring (bicyclic) bond motifs is 1. The quantitative estimate of drug-likeness (QED) is 0.842. The van der Waals surface area contributed by atoms with Crippen molar-refractivity contribution in [2.45, 2.75) is 45.6 Å². The average molecular weight is 265 g/mol. The van der Waals surface area contributed by atoms with Crippen molar-refractivity contribution in [3.8, 4) is 0 Å². The zero-order valence-corrected chi connectivity index (χ0v) is 12.3. The Hall–Kier alpha value is -1.76. The Labute approximate surface area is 122 Å². The SMILES string of the molecule is CCc1ccccc1CNc1cccc2c1CCCC2. The predicted octanol–water partition coefficient (Wildman–Crippen LogP) is 4.74. The molecule has 1 nitrogen and oxygen atoms in total. The summed E-state index contributed by atoms with van der Waals surface area (Å²) in [5.74, 6) is 0. The molecule has 1 aliphatic carbocycles. The highest BCUT2D eigenvalue weighted by molar-refractivity contribution is 5.56. The van der Waals surface area contributed by atoms with Crippen LogP contribution in [0.4, 0.5) is 5.69 Å². The lowest BCUT2D eigenvalue weighted by Gasteiger charge is -2.20. The average Bonchev–Trinajstić information content (AvgIpc) is 2.53. The Balaban J connectivity index is 1.79. The summed E-state index contributed by atoms with van der Waals surface area (Å²) in [6.07, 6.45) is 6.25. The third kappa shape index (κ3) is 2.72. The maximum atomic E-state index is 3.66. The highest BCUT2D eigenvalue weighted by Crippen LogP contribution is 2.28. The second kappa shape index (κ2) is 6.13. The summed E-state index contributed by atoms with van der Waals surface area (Å²) in [7, 11) is 0. The summed E-state index contributed by atoms with van der Waals surface area (Å²) < 4.78 is 0. The first kappa shape index (κ1) is 13.2. The molecule has 0 unspecified atom stereocenters. The highest BCUT2D eigenvalue weighted by Gasteiger charge is 2.12. The predicted molar refractivity (Wildman–Crippen MR) is 86.2 cm³/mol. The van der Waals surface area contributed by atoms with Gasteiger partial charge in [0, 0.05) is 12.2 Å². The van der Waals surface area contributed by atoms with Gasteiger partial charge in [0.2, 0.25) is 0 Å². The smallest absolute Gasteiger partial charge is 0.0403 e. The largest absolute Gasteiger partial charge is 0.381 e. The second-order valence-corrected chi connectivity index (χ2v) is 5.63. The lowest BCUT2D eigenvalue weighted by atomic mass is 9.90. The molecule has 0 saturated heterocycles. The zero-order valence-electron chi connectivity index (χ0n) is 12.3. The van der Waals surface area contributed by atoms with Crippen molar-refractivity contribution in [1.29, 1.82) is 0 Å². The van der Waals surface area contributed by atoms with Crippen LogP contribution < -0.4 is 5.32 Å². The number of aryl methyl sites for hydroxylation is 2. The fourth-order valence-corrected chi connectivity index (χ4v) is 3.21. The Kier molecular flexibility index (Phi) is 4.05. The maximum absolute atomic E-state index is 3.66. The second-order valence-electron chi connectivity index (χ2n) is 5.63. The van der Waals surface area contributed by atoms with Gasteiger partial charge in [0.25, 0.3) is 0 Å². The molecule has 0 radical (unpaired) electrons. The molecule has 0 aliphatic heterocycles. The van der Waals surface area contributed by atoms with E-state index in [1.54, 1.807) is 11.1 Å². The first-order valence-electron chi connectivity index (χ1n) is 7.80. The van der Waals surface area contributed by atoms with Gasteiger partial charge in [-0.1, -0.05) is 43.3 Å². The van der Waals surface area contributed by atoms with Crippen LogP contribution in [-0.4, -0.2) is 0 Å². The van der Waals surface area contributed by atoms with Crippen LogP contribution in [0.25, 0.3) is 0 Å². The van der Waals surface area contributed by atoms with Crippen molar-refractivity contribution < 1.29 is 0 Å². The van der Waals surface area contributed by atoms with Crippen LogP contribution in [-0.2, 0) is 25.8 Å². The van der Waals surface area contributed by atoms with Crippen molar-refractivity contribution in [3.05, 3.63) is 64.7 Å². The summed E-state index contributed by atoms with van der Waals surface area (Å²) in [6.45, 7) is 3.16.